The fraction of sp³-hybridized carbons (Fsp3) is 0.933. The number of ether oxygens (including phenoxy) is 8. The van der Waals surface area contributed by atoms with Crippen molar-refractivity contribution in [1.82, 2.24) is 0 Å². The van der Waals surface area contributed by atoms with Gasteiger partial charge in [-0.25, -0.2) is 4.57 Å². The van der Waals surface area contributed by atoms with E-state index in [0.717, 1.165) is 122 Å². The summed E-state index contributed by atoms with van der Waals surface area (Å²) >= 11 is 0. The summed E-state index contributed by atoms with van der Waals surface area (Å²) < 4.78 is 73.4. The van der Waals surface area contributed by atoms with Crippen LogP contribution in [-0.4, -0.2) is 205 Å². The number of esters is 4. The number of carbonyl (C=O) groups is 4. The number of hydrogen-bond acceptors (Lipinski definition) is 24. The van der Waals surface area contributed by atoms with Crippen LogP contribution >= 0.6 is 7.82 Å². The van der Waals surface area contributed by atoms with Crippen molar-refractivity contribution in [2.45, 2.75) is 505 Å². The van der Waals surface area contributed by atoms with Gasteiger partial charge in [0, 0.05) is 25.7 Å². The molecule has 2 saturated heterocycles. The minimum atomic E-state index is -5.81. The van der Waals surface area contributed by atoms with Crippen molar-refractivity contribution in [3.05, 3.63) is 12.2 Å². The molecule has 2 heterocycles. The lowest BCUT2D eigenvalue weighted by Gasteiger charge is -2.50. The van der Waals surface area contributed by atoms with E-state index in [1.54, 1.807) is 0 Å². The first kappa shape index (κ1) is 107. The number of aliphatic hydroxyl groups excluding tert-OH is 9. The number of phosphoric ester groups is 1. The van der Waals surface area contributed by atoms with Crippen molar-refractivity contribution < 1.29 is 122 Å². The van der Waals surface area contributed by atoms with Crippen LogP contribution in [0, 0.1) is 5.92 Å². The van der Waals surface area contributed by atoms with E-state index >= 15 is 0 Å². The Bertz CT molecular complexity index is 2480. The Morgan fingerprint density at radius 2 is 0.698 bits per heavy atom. The van der Waals surface area contributed by atoms with Gasteiger partial charge < -0.3 is 88.7 Å². The minimum Gasteiger partial charge on any atom is -0.463 e. The van der Waals surface area contributed by atoms with Gasteiger partial charge in [0.2, 0.25) is 0 Å². The Labute approximate surface area is 699 Å². The van der Waals surface area contributed by atoms with Crippen molar-refractivity contribution >= 4 is 31.7 Å². The Balaban J connectivity index is 1.93. The molecule has 3 fully saturated rings. The molecular weight excluding hydrogens is 1510 g/mol. The molecule has 0 aromatic heterocycles. The van der Waals surface area contributed by atoms with Gasteiger partial charge in [-0.15, -0.1) is 0 Å². The van der Waals surface area contributed by atoms with Crippen molar-refractivity contribution in [2.24, 2.45) is 5.92 Å². The number of aliphatic hydroxyl groups is 9. The predicted octanol–water partition coefficient (Wildman–Crippen LogP) is 17.0. The minimum absolute atomic E-state index is 0.0176. The van der Waals surface area contributed by atoms with Crippen molar-refractivity contribution in [3.8, 4) is 0 Å². The molecule has 25 nitrogen and oxygen atoms in total. The van der Waals surface area contributed by atoms with Gasteiger partial charge in [-0.05, 0) is 57.3 Å². The topological polar surface area (TPSA) is 380 Å². The summed E-state index contributed by atoms with van der Waals surface area (Å²) in [6.07, 6.45) is 25.0. The zero-order chi connectivity index (χ0) is 84.8. The van der Waals surface area contributed by atoms with Crippen LogP contribution in [0.5, 0.6) is 0 Å². The summed E-state index contributed by atoms with van der Waals surface area (Å²) in [7, 11) is -5.81. The van der Waals surface area contributed by atoms with Crippen LogP contribution in [0.25, 0.3) is 0 Å². The molecule has 19 unspecified atom stereocenters. The van der Waals surface area contributed by atoms with Gasteiger partial charge in [-0.3, -0.25) is 28.2 Å². The van der Waals surface area contributed by atoms with Gasteiger partial charge in [0.25, 0.3) is 0 Å². The summed E-state index contributed by atoms with van der Waals surface area (Å²) in [6, 6.07) is 0. The molecule has 19 atom stereocenters. The fourth-order valence-electron chi connectivity index (χ4n) is 15.6. The molecule has 682 valence electrons. The van der Waals surface area contributed by atoms with E-state index in [4.69, 9.17) is 46.9 Å². The van der Waals surface area contributed by atoms with Gasteiger partial charge in [0.1, 0.15) is 92.6 Å². The Kier molecular flexibility index (Phi) is 63.5. The maximum Gasteiger partial charge on any atom is 0.472 e. The lowest BCUT2D eigenvalue weighted by atomic mass is 9.84. The van der Waals surface area contributed by atoms with Crippen LogP contribution in [0.1, 0.15) is 401 Å². The van der Waals surface area contributed by atoms with Crippen LogP contribution in [0.2, 0.25) is 0 Å². The van der Waals surface area contributed by atoms with Gasteiger partial charge in [-0.1, -0.05) is 336 Å². The first-order valence-electron chi connectivity index (χ1n) is 46.8. The highest BCUT2D eigenvalue weighted by Crippen LogP contribution is 2.49. The maximum atomic E-state index is 14.9. The molecule has 26 heteroatoms. The molecule has 116 heavy (non-hydrogen) atoms. The second-order valence-corrected chi connectivity index (χ2v) is 35.2. The standard InChI is InChI=1S/C90H167O25P/c1-6-10-14-18-22-25-28-31-32-35-38-41-44-52-58-64-76(95)112-85-81(100)82(101)86(113-89-83(102)79(98)77(96)71(65-91)110-89)88(87(85)114-90-84(103)80(99)78(97)72(111-90)68-107-74(93)62-56-49-42-39-36-33-29-26-23-19-15-11-7-2)115-116(104,105)108-67-70(109-75(94)63-57-51-43-40-37-34-30-27-24-20-16-12-8-3)66-106-73(92)61-55-50-46-45-48-54-60-69(5)59-53-47-21-17-13-9-4/h34,37,69-72,77-91,96-103H,6-33,35-36,38-68H2,1-5H3,(H,104,105)/b37-34-. The highest BCUT2D eigenvalue weighted by molar-refractivity contribution is 7.47. The molecule has 0 aromatic carbocycles. The Hall–Kier alpha value is -2.79. The molecule has 10 N–H and O–H groups in total. The third-order valence-corrected chi connectivity index (χ3v) is 24.2. The average Bonchev–Trinajstić information content (AvgIpc) is 0.754. The van der Waals surface area contributed by atoms with Gasteiger partial charge >= 0.3 is 31.7 Å². The predicted molar refractivity (Wildman–Crippen MR) is 449 cm³/mol. The van der Waals surface area contributed by atoms with E-state index in [9.17, 15) is 74.6 Å². The molecule has 0 radical (unpaired) electrons. The number of unbranched alkanes of at least 4 members (excludes halogenated alkanes) is 45. The first-order valence-corrected chi connectivity index (χ1v) is 48.3. The van der Waals surface area contributed by atoms with Crippen LogP contribution in [-0.2, 0) is 70.7 Å². The largest absolute Gasteiger partial charge is 0.472 e. The molecule has 1 aliphatic carbocycles. The van der Waals surface area contributed by atoms with Crippen molar-refractivity contribution in [2.75, 3.05) is 26.4 Å². The van der Waals surface area contributed by atoms with Crippen molar-refractivity contribution in [3.63, 3.8) is 0 Å². The maximum absolute atomic E-state index is 14.9. The third-order valence-electron chi connectivity index (χ3n) is 23.2. The van der Waals surface area contributed by atoms with Gasteiger partial charge in [-0.2, -0.15) is 0 Å². The lowest BCUT2D eigenvalue weighted by Crippen LogP contribution is -2.70. The highest BCUT2D eigenvalue weighted by atomic mass is 31.2. The van der Waals surface area contributed by atoms with E-state index in [1.165, 1.54) is 180 Å². The van der Waals surface area contributed by atoms with E-state index < -0.39 is 162 Å². The lowest BCUT2D eigenvalue weighted by molar-refractivity contribution is -0.360. The normalized spacial score (nSPS) is 25.4. The van der Waals surface area contributed by atoms with E-state index in [1.807, 2.05) is 0 Å². The zero-order valence-electron chi connectivity index (χ0n) is 72.7. The number of carbonyl (C=O) groups excluding carboxylic acids is 4. The van der Waals surface area contributed by atoms with Gasteiger partial charge in [0.05, 0.1) is 13.2 Å². The second-order valence-electron chi connectivity index (χ2n) is 33.8. The molecular formula is C90H167O25P. The Morgan fingerprint density at radius 3 is 1.12 bits per heavy atom. The molecule has 3 rings (SSSR count). The van der Waals surface area contributed by atoms with Gasteiger partial charge in [0.15, 0.2) is 24.8 Å². The van der Waals surface area contributed by atoms with E-state index in [-0.39, 0.29) is 25.7 Å². The molecule has 0 spiro atoms. The number of phosphoric acid groups is 1. The summed E-state index contributed by atoms with van der Waals surface area (Å²) in [6.45, 7) is 7.91. The summed E-state index contributed by atoms with van der Waals surface area (Å²) in [5.74, 6) is -2.29. The molecule has 3 aliphatic rings. The summed E-state index contributed by atoms with van der Waals surface area (Å²) in [5.41, 5.74) is 0. The Morgan fingerprint density at radius 1 is 0.362 bits per heavy atom. The van der Waals surface area contributed by atoms with E-state index in [2.05, 4.69) is 46.8 Å². The molecule has 0 aromatic rings. The second kappa shape index (κ2) is 68.6. The number of rotatable bonds is 75. The summed E-state index contributed by atoms with van der Waals surface area (Å²) in [4.78, 5) is 66.4. The number of hydrogen-bond donors (Lipinski definition) is 10. The quantitative estimate of drug-likeness (QED) is 0.00889. The number of allylic oxidation sites excluding steroid dienone is 2. The van der Waals surface area contributed by atoms with Crippen LogP contribution in [0.4, 0.5) is 0 Å². The summed E-state index contributed by atoms with van der Waals surface area (Å²) in [5, 5.41) is 102. The molecule has 2 aliphatic heterocycles. The zero-order valence-corrected chi connectivity index (χ0v) is 73.6. The smallest absolute Gasteiger partial charge is 0.463 e. The van der Waals surface area contributed by atoms with Crippen LogP contribution < -0.4 is 0 Å². The monoisotopic (exact) mass is 1680 g/mol. The molecule has 1 saturated carbocycles. The molecule has 0 amide bonds. The third kappa shape index (κ3) is 48.9. The fourth-order valence-corrected chi connectivity index (χ4v) is 16.6. The van der Waals surface area contributed by atoms with Crippen LogP contribution in [0.15, 0.2) is 12.2 Å². The average molecular weight is 1680 g/mol. The van der Waals surface area contributed by atoms with E-state index in [0.29, 0.717) is 44.4 Å². The molecule has 0 bridgehead atoms. The van der Waals surface area contributed by atoms with Crippen LogP contribution in [0.3, 0.4) is 0 Å². The first-order chi connectivity index (χ1) is 56.1. The highest BCUT2D eigenvalue weighted by Gasteiger charge is 2.60. The van der Waals surface area contributed by atoms with Crippen molar-refractivity contribution in [1.29, 1.82) is 0 Å². The SMILES string of the molecule is CCCCCCCC/C=C\CCCCCC(=O)OC(COC(=O)CCCCCCCCC(C)CCCCCCCC)COP(=O)(O)OC1C(OC2OC(CO)C(O)C(O)C2O)C(O)C(O)C(OC(=O)CCCCCCCCCCCCCCCCC)C1OC1OC(COC(=O)CCCCCCCCCCCCCCC)C(O)C(O)C1O.